The molecule has 100 valence electrons. The molecule has 2 rings (SSSR count). The van der Waals surface area contributed by atoms with E-state index in [4.69, 9.17) is 10.5 Å². The highest BCUT2D eigenvalue weighted by molar-refractivity contribution is 5.43. The molecular formula is C16H18FNO. The third-order valence-electron chi connectivity index (χ3n) is 3.03. The van der Waals surface area contributed by atoms with E-state index >= 15 is 0 Å². The van der Waals surface area contributed by atoms with E-state index in [2.05, 4.69) is 0 Å². The van der Waals surface area contributed by atoms with Gasteiger partial charge in [-0.05, 0) is 50.1 Å². The Balaban J connectivity index is 2.44. The van der Waals surface area contributed by atoms with Crippen molar-refractivity contribution in [3.63, 3.8) is 0 Å². The van der Waals surface area contributed by atoms with E-state index in [1.54, 1.807) is 19.1 Å². The van der Waals surface area contributed by atoms with E-state index in [-0.39, 0.29) is 5.82 Å². The van der Waals surface area contributed by atoms with E-state index in [1.165, 1.54) is 6.07 Å². The molecule has 0 aliphatic carbocycles. The van der Waals surface area contributed by atoms with Gasteiger partial charge in [0, 0.05) is 11.6 Å². The molecule has 2 nitrogen and oxygen atoms in total. The van der Waals surface area contributed by atoms with Gasteiger partial charge >= 0.3 is 0 Å². The fourth-order valence-corrected chi connectivity index (χ4v) is 1.98. The van der Waals surface area contributed by atoms with Gasteiger partial charge in [0.15, 0.2) is 0 Å². The molecule has 0 saturated heterocycles. The van der Waals surface area contributed by atoms with Crippen molar-refractivity contribution in [3.05, 3.63) is 58.9 Å². The highest BCUT2D eigenvalue weighted by Gasteiger charge is 2.14. The number of nitrogens with two attached hydrogens (primary N) is 1. The van der Waals surface area contributed by atoms with Crippen molar-refractivity contribution in [2.24, 2.45) is 5.73 Å². The van der Waals surface area contributed by atoms with Crippen molar-refractivity contribution >= 4 is 0 Å². The predicted molar refractivity (Wildman–Crippen MR) is 75.0 cm³/mol. The molecule has 0 bridgehead atoms. The molecule has 0 amide bonds. The molecule has 0 aliphatic rings. The van der Waals surface area contributed by atoms with Gasteiger partial charge in [0.25, 0.3) is 0 Å². The van der Waals surface area contributed by atoms with Gasteiger partial charge in [-0.15, -0.1) is 0 Å². The molecule has 19 heavy (non-hydrogen) atoms. The Morgan fingerprint density at radius 2 is 1.84 bits per heavy atom. The smallest absolute Gasteiger partial charge is 0.135 e. The lowest BCUT2D eigenvalue weighted by Gasteiger charge is -2.16. The highest BCUT2D eigenvalue weighted by atomic mass is 19.1. The molecule has 1 atom stereocenters. The van der Waals surface area contributed by atoms with Crippen LogP contribution in [-0.4, -0.2) is 0 Å². The molecule has 0 saturated carbocycles. The quantitative estimate of drug-likeness (QED) is 0.894. The van der Waals surface area contributed by atoms with Gasteiger partial charge in [-0.25, -0.2) is 4.39 Å². The largest absolute Gasteiger partial charge is 0.457 e. The van der Waals surface area contributed by atoms with Gasteiger partial charge in [0.1, 0.15) is 17.3 Å². The second-order valence-corrected chi connectivity index (χ2v) is 4.81. The van der Waals surface area contributed by atoms with Crippen molar-refractivity contribution in [2.75, 3.05) is 0 Å². The van der Waals surface area contributed by atoms with E-state index in [0.717, 1.165) is 16.9 Å². The summed E-state index contributed by atoms with van der Waals surface area (Å²) in [4.78, 5) is 0. The maximum atomic E-state index is 13.8. The summed E-state index contributed by atoms with van der Waals surface area (Å²) in [6.45, 7) is 5.69. The fourth-order valence-electron chi connectivity index (χ4n) is 1.98. The van der Waals surface area contributed by atoms with E-state index in [1.807, 2.05) is 32.0 Å². The van der Waals surface area contributed by atoms with Crippen LogP contribution in [0.3, 0.4) is 0 Å². The van der Waals surface area contributed by atoms with Crippen LogP contribution < -0.4 is 10.5 Å². The molecule has 2 aromatic carbocycles. The minimum atomic E-state index is -0.415. The second-order valence-electron chi connectivity index (χ2n) is 4.81. The third-order valence-corrected chi connectivity index (χ3v) is 3.03. The number of rotatable bonds is 3. The first-order chi connectivity index (χ1) is 8.99. The van der Waals surface area contributed by atoms with Crippen molar-refractivity contribution < 1.29 is 9.13 Å². The summed E-state index contributed by atoms with van der Waals surface area (Å²) >= 11 is 0. The Labute approximate surface area is 113 Å². The van der Waals surface area contributed by atoms with Crippen LogP contribution >= 0.6 is 0 Å². The molecular weight excluding hydrogens is 241 g/mol. The lowest BCUT2D eigenvalue weighted by molar-refractivity contribution is 0.457. The molecule has 0 spiro atoms. The summed E-state index contributed by atoms with van der Waals surface area (Å²) in [6, 6.07) is 10.3. The first kappa shape index (κ1) is 13.6. The maximum Gasteiger partial charge on any atom is 0.135 e. The number of ether oxygens (including phenoxy) is 1. The van der Waals surface area contributed by atoms with Crippen LogP contribution in [0.4, 0.5) is 4.39 Å². The first-order valence-corrected chi connectivity index (χ1v) is 6.28. The number of halogens is 1. The van der Waals surface area contributed by atoms with Crippen molar-refractivity contribution in [1.82, 2.24) is 0 Å². The standard InChI is InChI=1S/C16H18FNO/c1-10-7-8-11(2)15(9-10)19-14-6-4-5-13(17)16(14)12(3)18/h4-9,12H,18H2,1-3H3/t12-/m1/s1. The molecule has 0 aliphatic heterocycles. The average Bonchev–Trinajstić information content (AvgIpc) is 2.33. The highest BCUT2D eigenvalue weighted by Crippen LogP contribution is 2.32. The number of hydrogen-bond donors (Lipinski definition) is 1. The van der Waals surface area contributed by atoms with Gasteiger partial charge in [-0.1, -0.05) is 18.2 Å². The van der Waals surface area contributed by atoms with Crippen molar-refractivity contribution in [3.8, 4) is 11.5 Å². The normalized spacial score (nSPS) is 12.3. The van der Waals surface area contributed by atoms with E-state index in [9.17, 15) is 4.39 Å². The van der Waals surface area contributed by atoms with Crippen molar-refractivity contribution in [2.45, 2.75) is 26.8 Å². The number of benzene rings is 2. The fraction of sp³-hybridized carbons (Fsp3) is 0.250. The summed E-state index contributed by atoms with van der Waals surface area (Å²) < 4.78 is 19.7. The van der Waals surface area contributed by atoms with E-state index in [0.29, 0.717) is 11.3 Å². The van der Waals surface area contributed by atoms with Crippen LogP contribution in [0.2, 0.25) is 0 Å². The van der Waals surface area contributed by atoms with Crippen LogP contribution in [-0.2, 0) is 0 Å². The van der Waals surface area contributed by atoms with Crippen LogP contribution in [0.15, 0.2) is 36.4 Å². The van der Waals surface area contributed by atoms with E-state index < -0.39 is 6.04 Å². The van der Waals surface area contributed by atoms with Gasteiger partial charge in [-0.3, -0.25) is 0 Å². The van der Waals surface area contributed by atoms with Crippen molar-refractivity contribution in [1.29, 1.82) is 0 Å². The summed E-state index contributed by atoms with van der Waals surface area (Å²) in [5, 5.41) is 0. The Bertz CT molecular complexity index is 593. The van der Waals surface area contributed by atoms with Crippen LogP contribution in [0.25, 0.3) is 0 Å². The molecule has 2 N–H and O–H groups in total. The summed E-state index contributed by atoms with van der Waals surface area (Å²) in [5.41, 5.74) is 8.32. The van der Waals surface area contributed by atoms with Gasteiger partial charge in [0.05, 0.1) is 0 Å². The zero-order valence-electron chi connectivity index (χ0n) is 11.4. The zero-order chi connectivity index (χ0) is 14.0. The summed E-state index contributed by atoms with van der Waals surface area (Å²) in [7, 11) is 0. The lowest BCUT2D eigenvalue weighted by Crippen LogP contribution is -2.09. The Kier molecular flexibility index (Phi) is 3.86. The maximum absolute atomic E-state index is 13.8. The monoisotopic (exact) mass is 259 g/mol. The molecule has 2 aromatic rings. The third kappa shape index (κ3) is 2.93. The zero-order valence-corrected chi connectivity index (χ0v) is 11.4. The minimum Gasteiger partial charge on any atom is -0.457 e. The molecule has 0 unspecified atom stereocenters. The van der Waals surface area contributed by atoms with Gasteiger partial charge < -0.3 is 10.5 Å². The Morgan fingerprint density at radius 3 is 2.53 bits per heavy atom. The summed E-state index contributed by atoms with van der Waals surface area (Å²) in [6.07, 6.45) is 0. The topological polar surface area (TPSA) is 35.2 Å². The van der Waals surface area contributed by atoms with Crippen LogP contribution in [0, 0.1) is 19.7 Å². The predicted octanol–water partition coefficient (Wildman–Crippen LogP) is 4.25. The Hall–Kier alpha value is -1.87. The second kappa shape index (κ2) is 5.41. The van der Waals surface area contributed by atoms with Gasteiger partial charge in [-0.2, -0.15) is 0 Å². The van der Waals surface area contributed by atoms with Crippen LogP contribution in [0.1, 0.15) is 29.7 Å². The SMILES string of the molecule is Cc1ccc(C)c(Oc2cccc(F)c2[C@@H](C)N)c1. The number of aryl methyl sites for hydroxylation is 2. The molecule has 3 heteroatoms. The molecule has 0 heterocycles. The molecule has 0 aromatic heterocycles. The average molecular weight is 259 g/mol. The molecule has 0 fully saturated rings. The Morgan fingerprint density at radius 1 is 1.11 bits per heavy atom. The minimum absolute atomic E-state index is 0.335. The lowest BCUT2D eigenvalue weighted by atomic mass is 10.1. The number of hydrogen-bond acceptors (Lipinski definition) is 2. The molecule has 0 radical (unpaired) electrons. The van der Waals surface area contributed by atoms with Crippen LogP contribution in [0.5, 0.6) is 11.5 Å². The first-order valence-electron chi connectivity index (χ1n) is 6.28. The van der Waals surface area contributed by atoms with Gasteiger partial charge in [0.2, 0.25) is 0 Å². The summed E-state index contributed by atoms with van der Waals surface area (Å²) in [5.74, 6) is 0.869.